The van der Waals surface area contributed by atoms with Crippen LogP contribution in [-0.2, 0) is 9.53 Å². The van der Waals surface area contributed by atoms with Crippen molar-refractivity contribution in [3.05, 3.63) is 22.4 Å². The van der Waals surface area contributed by atoms with E-state index < -0.39 is 0 Å². The number of amides is 1. The van der Waals surface area contributed by atoms with Crippen LogP contribution in [0.3, 0.4) is 0 Å². The van der Waals surface area contributed by atoms with Crippen molar-refractivity contribution in [1.29, 1.82) is 0 Å². The van der Waals surface area contributed by atoms with Gasteiger partial charge in [0.25, 0.3) is 0 Å². The van der Waals surface area contributed by atoms with Gasteiger partial charge in [-0.05, 0) is 30.7 Å². The Labute approximate surface area is 117 Å². The molecule has 2 aliphatic rings. The highest BCUT2D eigenvalue weighted by molar-refractivity contribution is 7.10. The van der Waals surface area contributed by atoms with Gasteiger partial charge in [0.2, 0.25) is 5.91 Å². The fraction of sp³-hybridized carbons (Fsp3) is 0.643. The van der Waals surface area contributed by atoms with Gasteiger partial charge >= 0.3 is 0 Å². The Morgan fingerprint density at radius 2 is 2.37 bits per heavy atom. The maximum absolute atomic E-state index is 12.5. The van der Waals surface area contributed by atoms with Crippen molar-refractivity contribution in [2.24, 2.45) is 11.7 Å². The molecule has 1 aliphatic heterocycles. The van der Waals surface area contributed by atoms with Crippen molar-refractivity contribution in [3.8, 4) is 0 Å². The molecule has 0 radical (unpaired) electrons. The second-order valence-electron chi connectivity index (χ2n) is 5.43. The van der Waals surface area contributed by atoms with E-state index in [2.05, 4.69) is 11.4 Å². The third-order valence-corrected chi connectivity index (χ3v) is 5.03. The molecule has 3 unspecified atom stereocenters. The number of hydrogen-bond acceptors (Lipinski definition) is 4. The predicted molar refractivity (Wildman–Crippen MR) is 74.9 cm³/mol. The Morgan fingerprint density at radius 3 is 3.05 bits per heavy atom. The van der Waals surface area contributed by atoms with Gasteiger partial charge in [0.05, 0.1) is 13.2 Å². The van der Waals surface area contributed by atoms with Gasteiger partial charge in [-0.15, -0.1) is 11.3 Å². The zero-order valence-corrected chi connectivity index (χ0v) is 11.8. The van der Waals surface area contributed by atoms with E-state index in [0.717, 1.165) is 19.3 Å². The summed E-state index contributed by atoms with van der Waals surface area (Å²) in [6.07, 6.45) is 2.82. The van der Waals surface area contributed by atoms with Gasteiger partial charge in [-0.3, -0.25) is 4.79 Å². The average Bonchev–Trinajstić information content (AvgIpc) is 3.09. The Morgan fingerprint density at radius 1 is 1.47 bits per heavy atom. The molecule has 2 N–H and O–H groups in total. The van der Waals surface area contributed by atoms with Crippen LogP contribution in [-0.4, -0.2) is 36.5 Å². The molecule has 1 amide bonds. The third kappa shape index (κ3) is 2.83. The number of carbonyl (C=O) groups excluding carboxylic acids is 1. The lowest BCUT2D eigenvalue weighted by Crippen LogP contribution is -2.44. The zero-order chi connectivity index (χ0) is 13.2. The minimum atomic E-state index is 0.0489. The van der Waals surface area contributed by atoms with E-state index in [1.807, 2.05) is 11.0 Å². The molecule has 3 atom stereocenters. The summed E-state index contributed by atoms with van der Waals surface area (Å²) in [6, 6.07) is 4.32. The van der Waals surface area contributed by atoms with Crippen LogP contribution in [0.2, 0.25) is 0 Å². The number of nitrogens with two attached hydrogens (primary N) is 1. The quantitative estimate of drug-likeness (QED) is 0.898. The molecule has 2 heterocycles. The molecule has 1 aliphatic carbocycles. The van der Waals surface area contributed by atoms with Crippen LogP contribution in [0.5, 0.6) is 0 Å². The van der Waals surface area contributed by atoms with Crippen molar-refractivity contribution in [3.63, 3.8) is 0 Å². The molecule has 0 bridgehead atoms. The minimum Gasteiger partial charge on any atom is -0.369 e. The fourth-order valence-corrected chi connectivity index (χ4v) is 3.76. The molecule has 2 fully saturated rings. The van der Waals surface area contributed by atoms with Crippen molar-refractivity contribution < 1.29 is 9.53 Å². The summed E-state index contributed by atoms with van der Waals surface area (Å²) in [6.45, 7) is 2.03. The number of ether oxygens (including phenoxy) is 1. The molecule has 1 saturated carbocycles. The first-order valence-corrected chi connectivity index (χ1v) is 7.81. The maximum atomic E-state index is 12.5. The Kier molecular flexibility index (Phi) is 3.86. The Balaban J connectivity index is 1.63. The summed E-state index contributed by atoms with van der Waals surface area (Å²) < 4.78 is 5.78. The van der Waals surface area contributed by atoms with E-state index in [1.165, 1.54) is 4.88 Å². The highest BCUT2D eigenvalue weighted by Gasteiger charge is 2.33. The molecular weight excluding hydrogens is 260 g/mol. The van der Waals surface area contributed by atoms with Gasteiger partial charge < -0.3 is 15.4 Å². The van der Waals surface area contributed by atoms with Crippen molar-refractivity contribution in [2.45, 2.75) is 31.4 Å². The largest absolute Gasteiger partial charge is 0.369 e. The first kappa shape index (κ1) is 13.1. The Hall–Kier alpha value is -0.910. The van der Waals surface area contributed by atoms with Crippen LogP contribution in [0.1, 0.15) is 30.2 Å². The number of carbonyl (C=O) groups is 1. The number of rotatable bonds is 2. The van der Waals surface area contributed by atoms with Gasteiger partial charge in [-0.25, -0.2) is 0 Å². The van der Waals surface area contributed by atoms with E-state index in [1.54, 1.807) is 11.3 Å². The predicted octanol–water partition coefficient (Wildman–Crippen LogP) is 1.78. The van der Waals surface area contributed by atoms with Gasteiger partial charge in [0.15, 0.2) is 0 Å². The summed E-state index contributed by atoms with van der Waals surface area (Å²) >= 11 is 1.69. The lowest BCUT2D eigenvalue weighted by molar-refractivity contribution is -0.143. The molecule has 3 rings (SSSR count). The minimum absolute atomic E-state index is 0.0489. The number of morpholine rings is 1. The van der Waals surface area contributed by atoms with Gasteiger partial charge in [0.1, 0.15) is 6.10 Å². The first-order valence-electron chi connectivity index (χ1n) is 6.93. The molecular formula is C14H20N2O2S. The summed E-state index contributed by atoms with van der Waals surface area (Å²) in [7, 11) is 0. The molecule has 0 aromatic carbocycles. The summed E-state index contributed by atoms with van der Waals surface area (Å²) in [5, 5.41) is 2.05. The summed E-state index contributed by atoms with van der Waals surface area (Å²) in [5.74, 6) is 0.412. The number of thiophene rings is 1. The lowest BCUT2D eigenvalue weighted by atomic mass is 10.1. The van der Waals surface area contributed by atoms with E-state index in [4.69, 9.17) is 10.5 Å². The smallest absolute Gasteiger partial charge is 0.225 e. The molecule has 0 spiro atoms. The van der Waals surface area contributed by atoms with Crippen LogP contribution in [0.4, 0.5) is 0 Å². The molecule has 1 saturated heterocycles. The van der Waals surface area contributed by atoms with E-state index >= 15 is 0 Å². The molecule has 5 heteroatoms. The molecule has 4 nitrogen and oxygen atoms in total. The summed E-state index contributed by atoms with van der Waals surface area (Å²) in [5.41, 5.74) is 5.90. The van der Waals surface area contributed by atoms with Crippen molar-refractivity contribution in [1.82, 2.24) is 4.90 Å². The lowest BCUT2D eigenvalue weighted by Gasteiger charge is -2.34. The second-order valence-corrected chi connectivity index (χ2v) is 6.41. The molecule has 1 aromatic heterocycles. The van der Waals surface area contributed by atoms with Crippen LogP contribution in [0, 0.1) is 5.92 Å². The van der Waals surface area contributed by atoms with Crippen LogP contribution >= 0.6 is 11.3 Å². The maximum Gasteiger partial charge on any atom is 0.225 e. The molecule has 19 heavy (non-hydrogen) atoms. The number of nitrogens with zero attached hydrogens (tertiary/aromatic N) is 1. The second kappa shape index (κ2) is 5.61. The average molecular weight is 280 g/mol. The standard InChI is InChI=1S/C14H20N2O2S/c15-11-4-3-10(8-11)14(17)16-5-6-18-12(9-16)13-2-1-7-19-13/h1-2,7,10-12H,3-6,8-9,15H2. The topological polar surface area (TPSA) is 55.6 Å². The Bertz CT molecular complexity index is 435. The van der Waals surface area contributed by atoms with Crippen molar-refractivity contribution >= 4 is 17.2 Å². The van der Waals surface area contributed by atoms with Crippen molar-refractivity contribution in [2.75, 3.05) is 19.7 Å². The van der Waals surface area contributed by atoms with Crippen LogP contribution in [0.15, 0.2) is 17.5 Å². The highest BCUT2D eigenvalue weighted by Crippen LogP contribution is 2.30. The van der Waals surface area contributed by atoms with Crippen LogP contribution < -0.4 is 5.73 Å². The normalized spacial score (nSPS) is 31.6. The SMILES string of the molecule is NC1CCC(C(=O)N2CCOC(c3cccs3)C2)C1. The highest BCUT2D eigenvalue weighted by atomic mass is 32.1. The third-order valence-electron chi connectivity index (χ3n) is 4.06. The molecule has 104 valence electrons. The van der Waals surface area contributed by atoms with E-state index in [9.17, 15) is 4.79 Å². The molecule has 1 aromatic rings. The van der Waals surface area contributed by atoms with Gasteiger partial charge in [-0.1, -0.05) is 6.07 Å². The number of hydrogen-bond donors (Lipinski definition) is 1. The monoisotopic (exact) mass is 280 g/mol. The zero-order valence-electron chi connectivity index (χ0n) is 11.0. The first-order chi connectivity index (χ1) is 9.24. The van der Waals surface area contributed by atoms with E-state index in [-0.39, 0.29) is 24.0 Å². The van der Waals surface area contributed by atoms with Gasteiger partial charge in [-0.2, -0.15) is 0 Å². The fourth-order valence-electron chi connectivity index (χ4n) is 2.99. The summed E-state index contributed by atoms with van der Waals surface area (Å²) in [4.78, 5) is 15.7. The van der Waals surface area contributed by atoms with Gasteiger partial charge in [0, 0.05) is 23.4 Å². The van der Waals surface area contributed by atoms with Crippen LogP contribution in [0.25, 0.3) is 0 Å². The van der Waals surface area contributed by atoms with E-state index in [0.29, 0.717) is 19.7 Å².